The molecule has 0 aliphatic carbocycles. The van der Waals surface area contributed by atoms with Crippen molar-refractivity contribution < 1.29 is 14.1 Å². The van der Waals surface area contributed by atoms with Crippen LogP contribution in [0.15, 0.2) is 57.9 Å². The maximum absolute atomic E-state index is 13.0. The van der Waals surface area contributed by atoms with E-state index in [1.54, 1.807) is 18.2 Å². The minimum absolute atomic E-state index is 0.0910. The molecule has 31 heavy (non-hydrogen) atoms. The Hall–Kier alpha value is -2.94. The number of carbonyl (C=O) groups is 1. The summed E-state index contributed by atoms with van der Waals surface area (Å²) >= 11 is 12.8. The normalized spacial score (nSPS) is 15.2. The molecule has 4 rings (SSSR count). The average molecular weight is 471 g/mol. The molecule has 0 radical (unpaired) electrons. The molecule has 1 saturated heterocycles. The molecule has 156 valence electrons. The lowest BCUT2D eigenvalue weighted by atomic mass is 10.1. The number of thioether (sulfide) groups is 1. The number of anilines is 1. The molecular formula is C22H15ClN2O4S2. The molecule has 0 atom stereocenters. The molecule has 1 fully saturated rings. The fourth-order valence-electron chi connectivity index (χ4n) is 3.25. The molecule has 0 saturated carbocycles. The zero-order chi connectivity index (χ0) is 22.3. The van der Waals surface area contributed by atoms with Crippen LogP contribution >= 0.6 is 35.6 Å². The molecule has 1 aliphatic rings. The van der Waals surface area contributed by atoms with Gasteiger partial charge in [-0.05, 0) is 43.7 Å². The van der Waals surface area contributed by atoms with Crippen molar-refractivity contribution in [3.8, 4) is 11.3 Å². The van der Waals surface area contributed by atoms with Gasteiger partial charge in [0.15, 0.2) is 4.32 Å². The lowest BCUT2D eigenvalue weighted by Gasteiger charge is -2.17. The van der Waals surface area contributed by atoms with E-state index in [2.05, 4.69) is 0 Å². The van der Waals surface area contributed by atoms with E-state index in [4.69, 9.17) is 28.2 Å². The van der Waals surface area contributed by atoms with E-state index < -0.39 is 4.92 Å². The highest BCUT2D eigenvalue weighted by Gasteiger charge is 2.34. The lowest BCUT2D eigenvalue weighted by Crippen LogP contribution is -2.28. The van der Waals surface area contributed by atoms with Crippen LogP contribution in [-0.4, -0.2) is 15.2 Å². The number of non-ortho nitro benzene ring substituents is 1. The second kappa shape index (κ2) is 8.30. The smallest absolute Gasteiger partial charge is 0.270 e. The highest BCUT2D eigenvalue weighted by Crippen LogP contribution is 2.38. The molecule has 6 nitrogen and oxygen atoms in total. The number of nitro groups is 1. The summed E-state index contributed by atoms with van der Waals surface area (Å²) in [6, 6.07) is 13.3. The lowest BCUT2D eigenvalue weighted by molar-refractivity contribution is -0.384. The number of rotatable bonds is 4. The number of hydrogen-bond acceptors (Lipinski definition) is 6. The van der Waals surface area contributed by atoms with Gasteiger partial charge in [0, 0.05) is 23.8 Å². The molecule has 0 unspecified atom stereocenters. The number of halogens is 1. The van der Waals surface area contributed by atoms with Crippen LogP contribution in [0, 0.1) is 24.0 Å². The van der Waals surface area contributed by atoms with E-state index in [1.807, 2.05) is 32.0 Å². The Bertz CT molecular complexity index is 1280. The van der Waals surface area contributed by atoms with Crippen molar-refractivity contribution in [3.05, 3.63) is 85.5 Å². The summed E-state index contributed by atoms with van der Waals surface area (Å²) in [6.07, 6.45) is 1.61. The molecule has 3 aromatic rings. The first-order chi connectivity index (χ1) is 14.7. The van der Waals surface area contributed by atoms with Gasteiger partial charge in [0.2, 0.25) is 0 Å². The number of nitro benzene ring substituents is 1. The first-order valence-electron chi connectivity index (χ1n) is 9.14. The van der Waals surface area contributed by atoms with Crippen LogP contribution < -0.4 is 4.90 Å². The van der Waals surface area contributed by atoms with Gasteiger partial charge in [-0.25, -0.2) is 0 Å². The van der Waals surface area contributed by atoms with Crippen LogP contribution in [0.5, 0.6) is 0 Å². The van der Waals surface area contributed by atoms with Crippen LogP contribution in [0.2, 0.25) is 5.02 Å². The van der Waals surface area contributed by atoms with Gasteiger partial charge in [0.05, 0.1) is 20.5 Å². The Morgan fingerprint density at radius 3 is 2.65 bits per heavy atom. The third-order valence-corrected chi connectivity index (χ3v) is 6.35. The van der Waals surface area contributed by atoms with Crippen molar-refractivity contribution in [3.63, 3.8) is 0 Å². The van der Waals surface area contributed by atoms with E-state index in [1.165, 1.54) is 34.9 Å². The number of nitrogens with zero attached hydrogens (tertiary/aromatic N) is 2. The predicted molar refractivity (Wildman–Crippen MR) is 127 cm³/mol. The van der Waals surface area contributed by atoms with Crippen molar-refractivity contribution in [2.24, 2.45) is 0 Å². The topological polar surface area (TPSA) is 76.6 Å². The second-order valence-electron chi connectivity index (χ2n) is 6.93. The summed E-state index contributed by atoms with van der Waals surface area (Å²) in [5.41, 5.74) is 3.12. The fraction of sp³-hybridized carbons (Fsp3) is 0.0909. The maximum atomic E-state index is 13.0. The highest BCUT2D eigenvalue weighted by molar-refractivity contribution is 8.27. The molecule has 9 heteroatoms. The number of furan rings is 1. The summed E-state index contributed by atoms with van der Waals surface area (Å²) in [6.45, 7) is 3.93. The Morgan fingerprint density at radius 2 is 1.94 bits per heavy atom. The summed E-state index contributed by atoms with van der Waals surface area (Å²) in [5.74, 6) is 0.553. The predicted octanol–water partition coefficient (Wildman–Crippen LogP) is 6.53. The number of benzene rings is 2. The van der Waals surface area contributed by atoms with Crippen LogP contribution in [0.4, 0.5) is 11.4 Å². The van der Waals surface area contributed by atoms with Crippen LogP contribution in [0.3, 0.4) is 0 Å². The van der Waals surface area contributed by atoms with E-state index in [9.17, 15) is 14.9 Å². The molecule has 0 N–H and O–H groups in total. The highest BCUT2D eigenvalue weighted by atomic mass is 35.5. The molecule has 1 aliphatic heterocycles. The van der Waals surface area contributed by atoms with Crippen LogP contribution in [0.1, 0.15) is 16.9 Å². The van der Waals surface area contributed by atoms with Crippen molar-refractivity contribution in [1.82, 2.24) is 0 Å². The van der Waals surface area contributed by atoms with Gasteiger partial charge in [-0.2, -0.15) is 0 Å². The molecule has 1 amide bonds. The van der Waals surface area contributed by atoms with Gasteiger partial charge in [-0.15, -0.1) is 0 Å². The maximum Gasteiger partial charge on any atom is 0.270 e. The monoisotopic (exact) mass is 470 g/mol. The van der Waals surface area contributed by atoms with Gasteiger partial charge in [0.25, 0.3) is 11.6 Å². The van der Waals surface area contributed by atoms with E-state index >= 15 is 0 Å². The van der Waals surface area contributed by atoms with Crippen LogP contribution in [0.25, 0.3) is 17.4 Å². The Balaban J connectivity index is 1.64. The summed E-state index contributed by atoms with van der Waals surface area (Å²) < 4.78 is 6.24. The van der Waals surface area contributed by atoms with Crippen LogP contribution in [-0.2, 0) is 4.79 Å². The minimum atomic E-state index is -0.498. The number of aryl methyl sites for hydroxylation is 2. The largest absolute Gasteiger partial charge is 0.457 e. The zero-order valence-corrected chi connectivity index (χ0v) is 18.8. The molecular weight excluding hydrogens is 456 g/mol. The van der Waals surface area contributed by atoms with Crippen molar-refractivity contribution in [2.75, 3.05) is 4.90 Å². The summed E-state index contributed by atoms with van der Waals surface area (Å²) in [5, 5.41) is 11.4. The Labute approximate surface area is 192 Å². The summed E-state index contributed by atoms with van der Waals surface area (Å²) in [7, 11) is 0. The Kier molecular flexibility index (Phi) is 5.70. The van der Waals surface area contributed by atoms with Gasteiger partial charge in [0.1, 0.15) is 11.5 Å². The number of hydrogen-bond donors (Lipinski definition) is 0. The van der Waals surface area contributed by atoms with Crippen molar-refractivity contribution in [1.29, 1.82) is 0 Å². The van der Waals surface area contributed by atoms with E-state index in [0.717, 1.165) is 16.8 Å². The molecule has 0 spiro atoms. The third kappa shape index (κ3) is 4.14. The molecule has 2 aromatic carbocycles. The van der Waals surface area contributed by atoms with Gasteiger partial charge < -0.3 is 4.42 Å². The molecule has 1 aromatic heterocycles. The number of amides is 1. The molecule has 2 heterocycles. The first kappa shape index (κ1) is 21.3. The average Bonchev–Trinajstić information content (AvgIpc) is 3.27. The minimum Gasteiger partial charge on any atom is -0.457 e. The number of carbonyl (C=O) groups excluding carboxylic acids is 1. The van der Waals surface area contributed by atoms with Gasteiger partial charge >= 0.3 is 0 Å². The fourth-order valence-corrected chi connectivity index (χ4v) is 4.73. The van der Waals surface area contributed by atoms with E-state index in [-0.39, 0.29) is 11.6 Å². The number of thiocarbonyl (C=S) groups is 1. The first-order valence-corrected chi connectivity index (χ1v) is 10.7. The standard InChI is InChI=1S/C22H15ClN2O4S2/c1-12-3-7-18(13(2)9-12)24-21(26)20(31-22(24)30)11-15-5-8-19(29-15)16-10-14(25(27)28)4-6-17(16)23/h3-11H,1-2H3/b20-11-. The quantitative estimate of drug-likeness (QED) is 0.187. The van der Waals surface area contributed by atoms with Crippen molar-refractivity contribution in [2.45, 2.75) is 13.8 Å². The summed E-state index contributed by atoms with van der Waals surface area (Å²) in [4.78, 5) is 25.5. The third-order valence-electron chi connectivity index (χ3n) is 4.71. The second-order valence-corrected chi connectivity index (χ2v) is 9.01. The Morgan fingerprint density at radius 1 is 1.16 bits per heavy atom. The SMILES string of the molecule is Cc1ccc(N2C(=O)/C(=C/c3ccc(-c4cc([N+](=O)[O-])ccc4Cl)o3)SC2=S)c(C)c1. The zero-order valence-electron chi connectivity index (χ0n) is 16.4. The van der Waals surface area contributed by atoms with Gasteiger partial charge in [-0.1, -0.05) is 53.3 Å². The van der Waals surface area contributed by atoms with E-state index in [0.29, 0.717) is 31.3 Å². The van der Waals surface area contributed by atoms with Gasteiger partial charge in [-0.3, -0.25) is 19.8 Å². The molecule has 0 bridgehead atoms. The van der Waals surface area contributed by atoms with Crippen molar-refractivity contribution >= 4 is 63.3 Å².